The van der Waals surface area contributed by atoms with Gasteiger partial charge in [-0.3, -0.25) is 0 Å². The van der Waals surface area contributed by atoms with E-state index in [0.717, 1.165) is 25.7 Å². The van der Waals surface area contributed by atoms with Gasteiger partial charge in [0, 0.05) is 6.42 Å². The Hall–Kier alpha value is -1.14. The minimum absolute atomic E-state index is 0.0641. The molecule has 2 nitrogen and oxygen atoms in total. The van der Waals surface area contributed by atoms with E-state index < -0.39 is 0 Å². The molecular formula is C13H18N2. The number of nitrogens with zero attached hydrogens (tertiary/aromatic N) is 2. The molecule has 0 saturated heterocycles. The van der Waals surface area contributed by atoms with Crippen LogP contribution < -0.4 is 0 Å². The van der Waals surface area contributed by atoms with Crippen molar-refractivity contribution >= 4 is 6.01 Å². The Labute approximate surface area is 91.5 Å². The lowest BCUT2D eigenvalue weighted by molar-refractivity contribution is 0.472. The quantitative estimate of drug-likeness (QED) is 0.666. The first-order chi connectivity index (χ1) is 7.25. The summed E-state index contributed by atoms with van der Waals surface area (Å²) >= 11 is 0. The molecule has 1 unspecified atom stereocenters. The third-order valence-electron chi connectivity index (χ3n) is 3.49. The van der Waals surface area contributed by atoms with Crippen molar-refractivity contribution in [2.45, 2.75) is 52.0 Å². The van der Waals surface area contributed by atoms with Crippen LogP contribution >= 0.6 is 0 Å². The van der Waals surface area contributed by atoms with Gasteiger partial charge in [-0.15, -0.1) is 0 Å². The van der Waals surface area contributed by atoms with Gasteiger partial charge >= 0.3 is 0 Å². The molecule has 0 amide bonds. The van der Waals surface area contributed by atoms with Gasteiger partial charge in [0.25, 0.3) is 0 Å². The van der Waals surface area contributed by atoms with E-state index in [1.165, 1.54) is 16.8 Å². The van der Waals surface area contributed by atoms with Crippen molar-refractivity contribution in [3.63, 3.8) is 0 Å². The molecule has 0 aromatic carbocycles. The van der Waals surface area contributed by atoms with Gasteiger partial charge in [0.2, 0.25) is 0 Å². The molecular weight excluding hydrogens is 184 g/mol. The minimum atomic E-state index is -0.0641. The van der Waals surface area contributed by atoms with Crippen LogP contribution in [-0.2, 0) is 0 Å². The molecule has 1 aliphatic carbocycles. The van der Waals surface area contributed by atoms with Crippen molar-refractivity contribution in [3.8, 4) is 0 Å². The maximum Gasteiger partial charge on any atom is 0.118 e. The van der Waals surface area contributed by atoms with Crippen LogP contribution in [0.3, 0.4) is 0 Å². The highest BCUT2D eigenvalue weighted by Gasteiger charge is 2.39. The molecule has 1 aliphatic heterocycles. The van der Waals surface area contributed by atoms with Crippen LogP contribution in [0.5, 0.6) is 0 Å². The van der Waals surface area contributed by atoms with Gasteiger partial charge in [-0.25, -0.2) is 4.99 Å². The summed E-state index contributed by atoms with van der Waals surface area (Å²) in [7, 11) is 0. The smallest absolute Gasteiger partial charge is 0.118 e. The second-order valence-electron chi connectivity index (χ2n) is 4.27. The average Bonchev–Trinajstić information content (AvgIpc) is 2.71. The number of rotatable bonds is 3. The summed E-state index contributed by atoms with van der Waals surface area (Å²) in [5.41, 5.74) is 3.96. The van der Waals surface area contributed by atoms with E-state index >= 15 is 0 Å². The average molecular weight is 202 g/mol. The Bertz CT molecular complexity index is 395. The standard InChI is InChI=1S/C13H18N2/c1-4-10-7-11(5-2)12-13(6-3,8-10)15-9-14-12/h7H,4-6,8H2,1-3H3. The second kappa shape index (κ2) is 3.79. The van der Waals surface area contributed by atoms with Gasteiger partial charge in [0.15, 0.2) is 0 Å². The lowest BCUT2D eigenvalue weighted by Crippen LogP contribution is -2.29. The fraction of sp³-hybridized carbons (Fsp3) is 0.615. The monoisotopic (exact) mass is 202 g/mol. The topological polar surface area (TPSA) is 24.7 Å². The molecule has 1 heterocycles. The molecule has 80 valence electrons. The molecule has 0 fully saturated rings. The predicted octanol–water partition coefficient (Wildman–Crippen LogP) is 3.73. The third-order valence-corrected chi connectivity index (χ3v) is 3.49. The van der Waals surface area contributed by atoms with Crippen LogP contribution in [0.25, 0.3) is 0 Å². The van der Waals surface area contributed by atoms with Crippen molar-refractivity contribution in [2.75, 3.05) is 0 Å². The highest BCUT2D eigenvalue weighted by molar-refractivity contribution is 5.57. The van der Waals surface area contributed by atoms with Crippen molar-refractivity contribution in [2.24, 2.45) is 9.98 Å². The lowest BCUT2D eigenvalue weighted by atomic mass is 9.78. The number of hydrogen-bond donors (Lipinski definition) is 0. The lowest BCUT2D eigenvalue weighted by Gasteiger charge is -2.31. The molecule has 0 N–H and O–H groups in total. The largest absolute Gasteiger partial charge is 0.212 e. The molecule has 0 spiro atoms. The maximum atomic E-state index is 4.49. The Morgan fingerprint density at radius 2 is 2.13 bits per heavy atom. The van der Waals surface area contributed by atoms with Crippen LogP contribution in [0.4, 0.5) is 0 Å². The van der Waals surface area contributed by atoms with Gasteiger partial charge in [-0.05, 0) is 24.8 Å². The first-order valence-corrected chi connectivity index (χ1v) is 5.86. The van der Waals surface area contributed by atoms with Crippen LogP contribution in [0.2, 0.25) is 0 Å². The normalized spacial score (nSPS) is 28.3. The highest BCUT2D eigenvalue weighted by Crippen LogP contribution is 2.42. The summed E-state index contributed by atoms with van der Waals surface area (Å²) in [5, 5.41) is 0. The second-order valence-corrected chi connectivity index (χ2v) is 4.27. The Morgan fingerprint density at radius 1 is 1.33 bits per heavy atom. The van der Waals surface area contributed by atoms with E-state index in [4.69, 9.17) is 0 Å². The van der Waals surface area contributed by atoms with Crippen LogP contribution in [-0.4, -0.2) is 11.5 Å². The molecule has 0 aromatic heterocycles. The van der Waals surface area contributed by atoms with E-state index in [2.05, 4.69) is 42.8 Å². The van der Waals surface area contributed by atoms with E-state index in [9.17, 15) is 0 Å². The molecule has 0 bridgehead atoms. The highest BCUT2D eigenvalue weighted by atomic mass is 15.0. The van der Waals surface area contributed by atoms with Crippen LogP contribution in [0.1, 0.15) is 46.5 Å². The van der Waals surface area contributed by atoms with E-state index in [-0.39, 0.29) is 5.54 Å². The van der Waals surface area contributed by atoms with Crippen LogP contribution in [0.15, 0.2) is 32.9 Å². The SMILES string of the molecule is CCC1=CC(CC)=C2N=C=NC2(CC)C1. The summed E-state index contributed by atoms with van der Waals surface area (Å²) in [5.74, 6) is 0. The summed E-state index contributed by atoms with van der Waals surface area (Å²) in [6, 6.07) is 2.82. The number of hydrogen-bond acceptors (Lipinski definition) is 2. The van der Waals surface area contributed by atoms with Crippen LogP contribution in [0, 0.1) is 0 Å². The molecule has 0 saturated carbocycles. The Balaban J connectivity index is 2.48. The van der Waals surface area contributed by atoms with E-state index in [1.807, 2.05) is 0 Å². The van der Waals surface area contributed by atoms with Gasteiger partial charge in [0.1, 0.15) is 5.54 Å². The first-order valence-electron chi connectivity index (χ1n) is 5.86. The summed E-state index contributed by atoms with van der Waals surface area (Å²) < 4.78 is 0. The summed E-state index contributed by atoms with van der Waals surface area (Å²) in [6.45, 7) is 6.59. The Morgan fingerprint density at radius 3 is 2.73 bits per heavy atom. The fourth-order valence-electron chi connectivity index (χ4n) is 2.43. The van der Waals surface area contributed by atoms with Crippen molar-refractivity contribution < 1.29 is 0 Å². The molecule has 15 heavy (non-hydrogen) atoms. The molecule has 0 radical (unpaired) electrons. The molecule has 1 atom stereocenters. The number of fused-ring (bicyclic) bond motifs is 1. The molecule has 2 rings (SSSR count). The summed E-state index contributed by atoms with van der Waals surface area (Å²) in [6.07, 6.45) is 6.54. The van der Waals surface area contributed by atoms with Crippen molar-refractivity contribution in [3.05, 3.63) is 22.9 Å². The molecule has 0 aromatic rings. The zero-order valence-corrected chi connectivity index (χ0v) is 9.80. The third kappa shape index (κ3) is 1.49. The van der Waals surface area contributed by atoms with Gasteiger partial charge in [-0.1, -0.05) is 32.4 Å². The zero-order valence-electron chi connectivity index (χ0n) is 9.80. The zero-order chi connectivity index (χ0) is 10.9. The van der Waals surface area contributed by atoms with Gasteiger partial charge < -0.3 is 0 Å². The first kappa shape index (κ1) is 10.4. The van der Waals surface area contributed by atoms with E-state index in [0.29, 0.717) is 0 Å². The molecule has 2 aliphatic rings. The maximum absolute atomic E-state index is 4.49. The van der Waals surface area contributed by atoms with Crippen molar-refractivity contribution in [1.82, 2.24) is 0 Å². The summed E-state index contributed by atoms with van der Waals surface area (Å²) in [4.78, 5) is 8.83. The van der Waals surface area contributed by atoms with Gasteiger partial charge in [-0.2, -0.15) is 4.99 Å². The predicted molar refractivity (Wildman–Crippen MR) is 63.2 cm³/mol. The molecule has 2 heteroatoms. The van der Waals surface area contributed by atoms with Crippen molar-refractivity contribution in [1.29, 1.82) is 0 Å². The van der Waals surface area contributed by atoms with E-state index in [1.54, 1.807) is 0 Å². The Kier molecular flexibility index (Phi) is 2.62. The fourth-order valence-corrected chi connectivity index (χ4v) is 2.43. The number of allylic oxidation sites excluding steroid dienone is 2. The van der Waals surface area contributed by atoms with Gasteiger partial charge in [0.05, 0.1) is 11.7 Å². The number of aliphatic imine (C=N–C) groups is 2. The minimum Gasteiger partial charge on any atom is -0.212 e.